The Morgan fingerprint density at radius 2 is 2.11 bits per heavy atom. The molecular formula is C25H34N7O10P2S+. The van der Waals surface area contributed by atoms with Gasteiger partial charge in [0.2, 0.25) is 11.8 Å². The number of fused-ring (bicyclic) bond motifs is 1. The van der Waals surface area contributed by atoms with Crippen LogP contribution in [0.25, 0.3) is 11.2 Å². The van der Waals surface area contributed by atoms with E-state index in [2.05, 4.69) is 42.9 Å². The van der Waals surface area contributed by atoms with Crippen LogP contribution in [0.1, 0.15) is 39.8 Å². The van der Waals surface area contributed by atoms with Crippen LogP contribution in [0.4, 0.5) is 5.95 Å². The maximum absolute atomic E-state index is 13.1. The van der Waals surface area contributed by atoms with Crippen LogP contribution in [-0.4, -0.2) is 89.8 Å². The lowest BCUT2D eigenvalue weighted by molar-refractivity contribution is -0.0584. The molecule has 1 saturated heterocycles. The predicted molar refractivity (Wildman–Crippen MR) is 161 cm³/mol. The molecule has 0 radical (unpaired) electrons. The summed E-state index contributed by atoms with van der Waals surface area (Å²) in [5, 5.41) is 14.3. The smallest absolute Gasteiger partial charge is 0.474 e. The van der Waals surface area contributed by atoms with Crippen molar-refractivity contribution in [3.05, 3.63) is 35.3 Å². The molecule has 244 valence electrons. The number of ether oxygens (including phenoxy) is 3. The summed E-state index contributed by atoms with van der Waals surface area (Å²) in [4.78, 5) is 32.0. The monoisotopic (exact) mass is 686 g/mol. The van der Waals surface area contributed by atoms with Crippen molar-refractivity contribution >= 4 is 46.7 Å². The molecule has 3 aromatic rings. The van der Waals surface area contributed by atoms with Crippen LogP contribution in [0.2, 0.25) is 0 Å². The molecule has 1 unspecified atom stereocenters. The molecule has 2 fully saturated rings. The molecule has 8 atom stereocenters. The van der Waals surface area contributed by atoms with Crippen molar-refractivity contribution < 1.29 is 42.0 Å². The van der Waals surface area contributed by atoms with Crippen molar-refractivity contribution in [2.24, 2.45) is 5.92 Å². The quantitative estimate of drug-likeness (QED) is 0.109. The standard InChI is InChI=1S/C25H33N7O10P2S/c1-25(2,3)31-24-29-21-18(22(34)30-24)28-11-32(21)23-20(19(33)16(40-23)9-37-12-45)42-44(36)38-8-13-6-14(7-15(13)41-43-35)39-17-4-5-26-10-27-17/h4-5,10-11,13-16,19-20,23,33H,6-9,12H2,1-3H3,(H2-,29,30,31,34,45)/p+1/t13-,14-,15+,16-,19-,20-,23-/m1/s1. The van der Waals surface area contributed by atoms with Gasteiger partial charge in [0.1, 0.15) is 31.2 Å². The van der Waals surface area contributed by atoms with Crippen molar-refractivity contribution in [3.8, 4) is 5.88 Å². The second kappa shape index (κ2) is 14.8. The number of aromatic amines is 1. The topological polar surface area (TPSA) is 211 Å². The highest BCUT2D eigenvalue weighted by Gasteiger charge is 2.52. The molecule has 3 N–H and O–H groups in total. The maximum Gasteiger partial charge on any atom is 0.697 e. The average Bonchev–Trinajstić information content (AvgIpc) is 3.66. The van der Waals surface area contributed by atoms with Gasteiger partial charge in [0.05, 0.1) is 25.0 Å². The van der Waals surface area contributed by atoms with E-state index >= 15 is 0 Å². The first-order valence-corrected chi connectivity index (χ1v) is 16.5. The SMILES string of the molecule is CC(C)(C)Nc1nc2c(ncn2[C@@H]2O[C@H](COCS)[C@@H](O)[C@H]2O[P+](=O)OC[C@H]2C[C@@H](Oc3ccncn3)C[C@@H]2OP=O)c(=O)[nH]1. The third kappa shape index (κ3) is 8.39. The number of nitrogens with zero attached hydrogens (tertiary/aromatic N) is 5. The normalized spacial score (nSPS) is 27.3. The van der Waals surface area contributed by atoms with Crippen LogP contribution in [0, 0.1) is 5.92 Å². The van der Waals surface area contributed by atoms with E-state index in [9.17, 15) is 19.0 Å². The molecule has 0 aromatic carbocycles. The van der Waals surface area contributed by atoms with Gasteiger partial charge in [-0.05, 0) is 27.2 Å². The van der Waals surface area contributed by atoms with E-state index in [4.69, 9.17) is 27.8 Å². The Kier molecular flexibility index (Phi) is 11.1. The van der Waals surface area contributed by atoms with Crippen LogP contribution in [0.5, 0.6) is 5.88 Å². The fraction of sp³-hybridized carbons (Fsp3) is 0.640. The number of imidazole rings is 1. The van der Waals surface area contributed by atoms with Gasteiger partial charge in [-0.3, -0.25) is 18.9 Å². The van der Waals surface area contributed by atoms with Gasteiger partial charge in [-0.25, -0.2) is 19.5 Å². The molecule has 20 heteroatoms. The number of aliphatic hydroxyl groups is 1. The van der Waals surface area contributed by atoms with Crippen molar-refractivity contribution in [2.45, 2.75) is 75.9 Å². The van der Waals surface area contributed by atoms with Gasteiger partial charge in [0.15, 0.2) is 23.5 Å². The van der Waals surface area contributed by atoms with Crippen LogP contribution < -0.4 is 15.6 Å². The molecule has 1 aliphatic heterocycles. The minimum atomic E-state index is -2.81. The number of aliphatic hydroxyl groups excluding tert-OH is 1. The minimum absolute atomic E-state index is 0.0330. The number of anilines is 1. The summed E-state index contributed by atoms with van der Waals surface area (Å²) in [5.41, 5.74) is -0.714. The van der Waals surface area contributed by atoms with E-state index in [1.54, 1.807) is 12.3 Å². The van der Waals surface area contributed by atoms with Crippen molar-refractivity contribution in [3.63, 3.8) is 0 Å². The number of rotatable bonds is 14. The molecule has 0 spiro atoms. The van der Waals surface area contributed by atoms with E-state index in [1.807, 2.05) is 20.8 Å². The first-order chi connectivity index (χ1) is 21.6. The molecule has 2 aliphatic rings. The molecule has 17 nitrogen and oxygen atoms in total. The number of H-pyrrole nitrogens is 1. The van der Waals surface area contributed by atoms with Crippen LogP contribution in [0.3, 0.4) is 0 Å². The maximum atomic E-state index is 13.1. The third-order valence-electron chi connectivity index (χ3n) is 7.10. The molecule has 1 aliphatic carbocycles. The molecule has 4 heterocycles. The number of nitrogens with one attached hydrogen (secondary N) is 2. The number of hydrogen-bond donors (Lipinski definition) is 4. The summed E-state index contributed by atoms with van der Waals surface area (Å²) in [6.07, 6.45) is -0.272. The lowest BCUT2D eigenvalue weighted by Gasteiger charge is -2.21. The van der Waals surface area contributed by atoms with E-state index in [0.29, 0.717) is 18.7 Å². The van der Waals surface area contributed by atoms with Crippen LogP contribution in [0.15, 0.2) is 29.7 Å². The lowest BCUT2D eigenvalue weighted by Crippen LogP contribution is -2.35. The zero-order valence-corrected chi connectivity index (χ0v) is 27.3. The Hall–Kier alpha value is -2.66. The van der Waals surface area contributed by atoms with Gasteiger partial charge in [-0.2, -0.15) is 17.6 Å². The largest absolute Gasteiger partial charge is 0.697 e. The summed E-state index contributed by atoms with van der Waals surface area (Å²) < 4.78 is 59.7. The van der Waals surface area contributed by atoms with Gasteiger partial charge in [0, 0.05) is 34.7 Å². The zero-order chi connectivity index (χ0) is 32.1. The van der Waals surface area contributed by atoms with Crippen molar-refractivity contribution in [1.82, 2.24) is 29.5 Å². The van der Waals surface area contributed by atoms with E-state index in [1.165, 1.54) is 17.2 Å². The Morgan fingerprint density at radius 1 is 1.29 bits per heavy atom. The molecule has 0 amide bonds. The van der Waals surface area contributed by atoms with Gasteiger partial charge in [0.25, 0.3) is 5.56 Å². The van der Waals surface area contributed by atoms with Crippen LogP contribution >= 0.6 is 29.6 Å². The molecular weight excluding hydrogens is 652 g/mol. The number of aromatic nitrogens is 6. The fourth-order valence-electron chi connectivity index (χ4n) is 5.19. The van der Waals surface area contributed by atoms with E-state index in [-0.39, 0.29) is 48.3 Å². The Labute approximate surface area is 265 Å². The van der Waals surface area contributed by atoms with Gasteiger partial charge in [-0.1, -0.05) is 0 Å². The Balaban J connectivity index is 1.31. The highest BCUT2D eigenvalue weighted by Crippen LogP contribution is 2.41. The minimum Gasteiger partial charge on any atom is -0.474 e. The first-order valence-electron chi connectivity index (χ1n) is 14.0. The second-order valence-corrected chi connectivity index (χ2v) is 13.0. The van der Waals surface area contributed by atoms with Gasteiger partial charge >= 0.3 is 16.9 Å². The highest BCUT2D eigenvalue weighted by atomic mass is 32.1. The summed E-state index contributed by atoms with van der Waals surface area (Å²) in [7, 11) is -3.32. The van der Waals surface area contributed by atoms with E-state index in [0.717, 1.165) is 0 Å². The average molecular weight is 687 g/mol. The predicted octanol–water partition coefficient (Wildman–Crippen LogP) is 2.79. The molecule has 5 rings (SSSR count). The number of hydrogen-bond acceptors (Lipinski definition) is 16. The van der Waals surface area contributed by atoms with Gasteiger partial charge < -0.3 is 24.6 Å². The molecule has 0 bridgehead atoms. The summed E-state index contributed by atoms with van der Waals surface area (Å²) in [6, 6.07) is 1.62. The van der Waals surface area contributed by atoms with E-state index < -0.39 is 58.7 Å². The lowest BCUT2D eigenvalue weighted by atomic mass is 10.1. The highest BCUT2D eigenvalue weighted by molar-refractivity contribution is 7.80. The fourth-order valence-corrected chi connectivity index (χ4v) is 6.46. The second-order valence-electron chi connectivity index (χ2n) is 11.5. The Morgan fingerprint density at radius 3 is 2.82 bits per heavy atom. The third-order valence-corrected chi connectivity index (χ3v) is 8.41. The van der Waals surface area contributed by atoms with Gasteiger partial charge in [-0.15, -0.1) is 9.05 Å². The zero-order valence-electron chi connectivity index (χ0n) is 24.6. The molecule has 1 saturated carbocycles. The molecule has 3 aromatic heterocycles. The molecule has 45 heavy (non-hydrogen) atoms. The summed E-state index contributed by atoms with van der Waals surface area (Å²) in [6.45, 7) is 5.60. The summed E-state index contributed by atoms with van der Waals surface area (Å²) >= 11 is 4.04. The van der Waals surface area contributed by atoms with Crippen molar-refractivity contribution in [1.29, 1.82) is 0 Å². The first kappa shape index (κ1) is 33.7. The van der Waals surface area contributed by atoms with Crippen LogP contribution in [-0.2, 0) is 32.2 Å². The van der Waals surface area contributed by atoms with Crippen molar-refractivity contribution in [2.75, 3.05) is 24.5 Å². The summed E-state index contributed by atoms with van der Waals surface area (Å²) in [5.74, 6) is 0.324. The Bertz CT molecular complexity index is 1530. The number of thiol groups is 1.